The van der Waals surface area contributed by atoms with E-state index in [4.69, 9.17) is 9.40 Å². The molecule has 6 aromatic carbocycles. The molecule has 0 bridgehead atoms. The van der Waals surface area contributed by atoms with E-state index in [2.05, 4.69) is 167 Å². The highest BCUT2D eigenvalue weighted by Crippen LogP contribution is 2.39. The fourth-order valence-corrected chi connectivity index (χ4v) is 7.74. The fourth-order valence-electron chi connectivity index (χ4n) is 7.74. The molecular formula is C46H34N4O. The van der Waals surface area contributed by atoms with E-state index in [9.17, 15) is 0 Å². The van der Waals surface area contributed by atoms with Crippen molar-refractivity contribution in [1.82, 2.24) is 18.5 Å². The molecule has 0 saturated carbocycles. The van der Waals surface area contributed by atoms with Crippen molar-refractivity contribution >= 4 is 66.4 Å². The summed E-state index contributed by atoms with van der Waals surface area (Å²) in [6.45, 7) is 4.26. The number of fused-ring (bicyclic) bond motifs is 10. The number of aromatic nitrogens is 4. The molecule has 244 valence electrons. The van der Waals surface area contributed by atoms with Gasteiger partial charge in [-0.15, -0.1) is 0 Å². The van der Waals surface area contributed by atoms with E-state index in [0.29, 0.717) is 0 Å². The second kappa shape index (κ2) is 11.5. The van der Waals surface area contributed by atoms with Gasteiger partial charge in [0, 0.05) is 21.8 Å². The lowest BCUT2D eigenvalue weighted by molar-refractivity contribution is 0.645. The Morgan fingerprint density at radius 2 is 1.33 bits per heavy atom. The Morgan fingerprint density at radius 3 is 2.14 bits per heavy atom. The van der Waals surface area contributed by atoms with Gasteiger partial charge in [0.25, 0.3) is 0 Å². The lowest BCUT2D eigenvalue weighted by Crippen LogP contribution is -1.94. The van der Waals surface area contributed by atoms with Gasteiger partial charge >= 0.3 is 0 Å². The summed E-state index contributed by atoms with van der Waals surface area (Å²) in [5, 5.41) is 3.53. The van der Waals surface area contributed by atoms with Crippen molar-refractivity contribution in [3.05, 3.63) is 163 Å². The molecule has 0 aliphatic carbocycles. The maximum atomic E-state index is 6.46. The molecule has 0 saturated heterocycles. The summed E-state index contributed by atoms with van der Waals surface area (Å²) in [4.78, 5) is 5.25. The second-order valence-corrected chi connectivity index (χ2v) is 13.1. The van der Waals surface area contributed by atoms with Crippen LogP contribution in [0.3, 0.4) is 0 Å². The van der Waals surface area contributed by atoms with E-state index in [1.807, 2.05) is 18.2 Å². The van der Waals surface area contributed by atoms with Crippen LogP contribution in [0, 0.1) is 0 Å². The standard InChI is InChI=1S/C46H34N4O/c1-3-5-13-30(4-2)31-20-24-35(25-21-31)48-40-18-11-9-16-36(40)38-28-32(22-26-41(38)48)33-23-27-42-39(29-33)47-46-49(34-14-7-6-8-15-34)45-44(50(42)46)37-17-10-12-19-43(37)51-45/h4-29H,3H2,1-2H3/b13-5-,30-4+. The number of nitrogens with zero attached hydrogens (tertiary/aromatic N) is 4. The number of para-hydroxylation sites is 3. The third-order valence-corrected chi connectivity index (χ3v) is 10.1. The van der Waals surface area contributed by atoms with E-state index < -0.39 is 0 Å². The van der Waals surface area contributed by atoms with Gasteiger partial charge in [0.15, 0.2) is 0 Å². The Kier molecular flexibility index (Phi) is 6.61. The lowest BCUT2D eigenvalue weighted by atomic mass is 10.0. The van der Waals surface area contributed by atoms with Crippen molar-refractivity contribution in [3.63, 3.8) is 0 Å². The molecule has 0 spiro atoms. The number of imidazole rings is 2. The first-order chi connectivity index (χ1) is 25.2. The first-order valence-electron chi connectivity index (χ1n) is 17.6. The van der Waals surface area contributed by atoms with Gasteiger partial charge in [-0.25, -0.2) is 9.55 Å². The molecule has 4 heterocycles. The van der Waals surface area contributed by atoms with Crippen molar-refractivity contribution in [2.45, 2.75) is 20.3 Å². The zero-order valence-corrected chi connectivity index (χ0v) is 28.4. The van der Waals surface area contributed by atoms with Gasteiger partial charge in [-0.2, -0.15) is 0 Å². The highest BCUT2D eigenvalue weighted by atomic mass is 16.3. The molecule has 5 nitrogen and oxygen atoms in total. The molecule has 10 aromatic rings. The largest absolute Gasteiger partial charge is 0.437 e. The first-order valence-corrected chi connectivity index (χ1v) is 17.6. The summed E-state index contributed by atoms with van der Waals surface area (Å²) in [7, 11) is 0. The molecule has 5 heteroatoms. The van der Waals surface area contributed by atoms with Gasteiger partial charge in [-0.05, 0) is 102 Å². The number of furan rings is 1. The van der Waals surface area contributed by atoms with Gasteiger partial charge in [0.05, 0.1) is 27.8 Å². The van der Waals surface area contributed by atoms with Crippen molar-refractivity contribution in [3.8, 4) is 22.5 Å². The Bertz CT molecular complexity index is 3000. The van der Waals surface area contributed by atoms with Crippen LogP contribution in [0.2, 0.25) is 0 Å². The Labute approximate surface area is 294 Å². The van der Waals surface area contributed by atoms with Crippen molar-refractivity contribution in [1.29, 1.82) is 0 Å². The molecule has 51 heavy (non-hydrogen) atoms. The molecule has 0 N–H and O–H groups in total. The number of hydrogen-bond acceptors (Lipinski definition) is 2. The average molecular weight is 659 g/mol. The predicted octanol–water partition coefficient (Wildman–Crippen LogP) is 12.3. The summed E-state index contributed by atoms with van der Waals surface area (Å²) in [6.07, 6.45) is 7.62. The smallest absolute Gasteiger partial charge is 0.232 e. The van der Waals surface area contributed by atoms with Gasteiger partial charge < -0.3 is 8.98 Å². The molecule has 0 fully saturated rings. The Morgan fingerprint density at radius 1 is 0.647 bits per heavy atom. The normalized spacial score (nSPS) is 12.6. The van der Waals surface area contributed by atoms with Crippen LogP contribution in [0.25, 0.3) is 88.9 Å². The maximum Gasteiger partial charge on any atom is 0.232 e. The zero-order chi connectivity index (χ0) is 34.1. The van der Waals surface area contributed by atoms with Crippen LogP contribution in [0.4, 0.5) is 0 Å². The quantitative estimate of drug-likeness (QED) is 0.167. The molecule has 0 aliphatic rings. The van der Waals surface area contributed by atoms with Gasteiger partial charge in [-0.3, -0.25) is 4.40 Å². The van der Waals surface area contributed by atoms with E-state index in [1.54, 1.807) is 0 Å². The summed E-state index contributed by atoms with van der Waals surface area (Å²) in [5.74, 6) is 0.834. The van der Waals surface area contributed by atoms with Crippen LogP contribution in [-0.4, -0.2) is 18.5 Å². The fraction of sp³-hybridized carbons (Fsp3) is 0.0652. The van der Waals surface area contributed by atoms with Crippen LogP contribution in [0.5, 0.6) is 0 Å². The first kappa shape index (κ1) is 29.3. The average Bonchev–Trinajstić information content (AvgIpc) is 3.91. The van der Waals surface area contributed by atoms with Crippen molar-refractivity contribution in [2.75, 3.05) is 0 Å². The predicted molar refractivity (Wildman–Crippen MR) is 212 cm³/mol. The number of benzene rings is 6. The minimum atomic E-state index is 0.794. The van der Waals surface area contributed by atoms with Crippen molar-refractivity contribution < 1.29 is 4.42 Å². The van der Waals surface area contributed by atoms with E-state index >= 15 is 0 Å². The van der Waals surface area contributed by atoms with Gasteiger partial charge in [0.1, 0.15) is 11.1 Å². The number of hydrogen-bond donors (Lipinski definition) is 0. The Hall–Kier alpha value is -6.59. The summed E-state index contributed by atoms with van der Waals surface area (Å²) in [5.41, 5.74) is 14.0. The molecule has 0 aliphatic heterocycles. The molecule has 4 aromatic heterocycles. The number of rotatable bonds is 6. The maximum absolute atomic E-state index is 6.46. The third-order valence-electron chi connectivity index (χ3n) is 10.1. The topological polar surface area (TPSA) is 40.3 Å². The highest BCUT2D eigenvalue weighted by Gasteiger charge is 2.23. The van der Waals surface area contributed by atoms with Crippen LogP contribution in [-0.2, 0) is 0 Å². The Balaban J connectivity index is 1.12. The van der Waals surface area contributed by atoms with Crippen LogP contribution in [0.1, 0.15) is 25.8 Å². The van der Waals surface area contributed by atoms with Crippen LogP contribution < -0.4 is 0 Å². The minimum Gasteiger partial charge on any atom is -0.437 e. The summed E-state index contributed by atoms with van der Waals surface area (Å²) >= 11 is 0. The molecule has 10 rings (SSSR count). The molecule has 0 radical (unpaired) electrons. The summed E-state index contributed by atoms with van der Waals surface area (Å²) < 4.78 is 13.2. The molecule has 0 unspecified atom stereocenters. The molecule has 0 atom stereocenters. The van der Waals surface area contributed by atoms with Gasteiger partial charge in [-0.1, -0.05) is 97.9 Å². The SMILES string of the molecule is C/C=C(\C=C/CC)c1ccc(-n2c3ccccc3c3cc(-c4ccc5c(c4)nc4n(-c6ccccc6)c6oc7ccccc7c6n54)ccc32)cc1. The third kappa shape index (κ3) is 4.44. The number of allylic oxidation sites excluding steroid dienone is 4. The zero-order valence-electron chi connectivity index (χ0n) is 28.4. The minimum absolute atomic E-state index is 0.794. The lowest BCUT2D eigenvalue weighted by Gasteiger charge is -2.10. The second-order valence-electron chi connectivity index (χ2n) is 13.1. The monoisotopic (exact) mass is 658 g/mol. The van der Waals surface area contributed by atoms with Crippen LogP contribution >= 0.6 is 0 Å². The van der Waals surface area contributed by atoms with E-state index in [0.717, 1.165) is 67.9 Å². The van der Waals surface area contributed by atoms with Gasteiger partial charge in [0.2, 0.25) is 11.5 Å². The van der Waals surface area contributed by atoms with E-state index in [-0.39, 0.29) is 0 Å². The van der Waals surface area contributed by atoms with Crippen molar-refractivity contribution in [2.24, 2.45) is 0 Å². The van der Waals surface area contributed by atoms with Crippen LogP contribution in [0.15, 0.2) is 162 Å². The molecular weight excluding hydrogens is 625 g/mol. The highest BCUT2D eigenvalue weighted by molar-refractivity contribution is 6.11. The van der Waals surface area contributed by atoms with E-state index in [1.165, 1.54) is 32.9 Å². The molecule has 0 amide bonds. The summed E-state index contributed by atoms with van der Waals surface area (Å²) in [6, 6.07) is 49.7.